The van der Waals surface area contributed by atoms with Crippen LogP contribution in [0.15, 0.2) is 22.2 Å². The summed E-state index contributed by atoms with van der Waals surface area (Å²) in [6.45, 7) is 4.92. The number of carbonyl (C=O) groups excluding carboxylic acids is 1. The number of aromatic nitrogens is 2. The van der Waals surface area contributed by atoms with Crippen LogP contribution in [-0.2, 0) is 6.54 Å². The lowest BCUT2D eigenvalue weighted by atomic mass is 10.2. The van der Waals surface area contributed by atoms with Gasteiger partial charge in [-0.2, -0.15) is 5.10 Å². The van der Waals surface area contributed by atoms with E-state index in [1.54, 1.807) is 6.20 Å². The van der Waals surface area contributed by atoms with E-state index in [-0.39, 0.29) is 5.78 Å². The summed E-state index contributed by atoms with van der Waals surface area (Å²) >= 11 is 4.90. The Bertz CT molecular complexity index is 525. The molecule has 0 spiro atoms. The van der Waals surface area contributed by atoms with Crippen LogP contribution in [0.4, 0.5) is 0 Å². The fraction of sp³-hybridized carbons (Fsp3) is 0.333. The number of nitrogens with zero attached hydrogens (tertiary/aromatic N) is 2. The van der Waals surface area contributed by atoms with E-state index >= 15 is 0 Å². The third-order valence-corrected chi connectivity index (χ3v) is 4.56. The smallest absolute Gasteiger partial charge is 0.206 e. The lowest BCUT2D eigenvalue weighted by Gasteiger charge is -1.95. The zero-order valence-electron chi connectivity index (χ0n) is 9.74. The summed E-state index contributed by atoms with van der Waals surface area (Å²) in [6.07, 6.45) is 4.47. The van der Waals surface area contributed by atoms with Crippen molar-refractivity contribution in [1.29, 1.82) is 0 Å². The molecule has 3 nitrogen and oxygen atoms in total. The van der Waals surface area contributed by atoms with Crippen molar-refractivity contribution >= 4 is 33.0 Å². The molecule has 0 saturated heterocycles. The molecule has 0 aliphatic heterocycles. The van der Waals surface area contributed by atoms with Crippen molar-refractivity contribution in [3.63, 3.8) is 0 Å². The predicted molar refractivity (Wildman–Crippen MR) is 72.7 cm³/mol. The van der Waals surface area contributed by atoms with E-state index < -0.39 is 0 Å². The van der Waals surface area contributed by atoms with Crippen LogP contribution < -0.4 is 0 Å². The molecule has 2 aromatic rings. The van der Waals surface area contributed by atoms with Gasteiger partial charge in [-0.1, -0.05) is 6.92 Å². The van der Waals surface area contributed by atoms with E-state index in [9.17, 15) is 4.79 Å². The highest BCUT2D eigenvalue weighted by Gasteiger charge is 2.15. The molecular weight excluding hydrogens is 300 g/mol. The SMILES string of the molecule is CCCn1cc(C(=O)c2cc(C)c(Br)s2)cn1. The minimum absolute atomic E-state index is 0.0474. The number of thiophene rings is 1. The highest BCUT2D eigenvalue weighted by Crippen LogP contribution is 2.28. The third kappa shape index (κ3) is 2.66. The molecule has 0 aliphatic carbocycles. The lowest BCUT2D eigenvalue weighted by molar-refractivity contribution is 0.104. The monoisotopic (exact) mass is 312 g/mol. The van der Waals surface area contributed by atoms with Crippen molar-refractivity contribution < 1.29 is 4.79 Å². The highest BCUT2D eigenvalue weighted by molar-refractivity contribution is 9.11. The second-order valence-corrected chi connectivity index (χ2v) is 6.26. The number of hydrogen-bond acceptors (Lipinski definition) is 3. The van der Waals surface area contributed by atoms with E-state index in [0.717, 1.165) is 27.2 Å². The zero-order valence-corrected chi connectivity index (χ0v) is 12.1. The lowest BCUT2D eigenvalue weighted by Crippen LogP contribution is -1.98. The van der Waals surface area contributed by atoms with Crippen molar-refractivity contribution in [2.75, 3.05) is 0 Å². The third-order valence-electron chi connectivity index (χ3n) is 2.43. The van der Waals surface area contributed by atoms with Crippen molar-refractivity contribution in [2.45, 2.75) is 26.8 Å². The number of ketones is 1. The van der Waals surface area contributed by atoms with Crippen molar-refractivity contribution in [3.8, 4) is 0 Å². The van der Waals surface area contributed by atoms with Crippen molar-refractivity contribution in [2.24, 2.45) is 0 Å². The van der Waals surface area contributed by atoms with Gasteiger partial charge in [-0.3, -0.25) is 9.48 Å². The molecule has 90 valence electrons. The summed E-state index contributed by atoms with van der Waals surface area (Å²) < 4.78 is 2.82. The molecule has 2 heterocycles. The molecule has 0 atom stereocenters. The second-order valence-electron chi connectivity index (χ2n) is 3.89. The van der Waals surface area contributed by atoms with Gasteiger partial charge in [0.25, 0.3) is 0 Å². The van der Waals surface area contributed by atoms with Gasteiger partial charge in [0, 0.05) is 12.7 Å². The Labute approximate surface area is 113 Å². The van der Waals surface area contributed by atoms with E-state index in [2.05, 4.69) is 28.0 Å². The molecule has 17 heavy (non-hydrogen) atoms. The summed E-state index contributed by atoms with van der Waals surface area (Å²) in [5.74, 6) is 0.0474. The number of halogens is 1. The van der Waals surface area contributed by atoms with Gasteiger partial charge >= 0.3 is 0 Å². The van der Waals surface area contributed by atoms with Gasteiger partial charge in [-0.25, -0.2) is 0 Å². The Balaban J connectivity index is 2.24. The summed E-state index contributed by atoms with van der Waals surface area (Å²) in [4.78, 5) is 12.9. The first-order valence-electron chi connectivity index (χ1n) is 5.45. The highest BCUT2D eigenvalue weighted by atomic mass is 79.9. The van der Waals surface area contributed by atoms with Gasteiger partial charge in [-0.15, -0.1) is 11.3 Å². The normalized spacial score (nSPS) is 10.8. The molecular formula is C12H13BrN2OS. The number of rotatable bonds is 4. The van der Waals surface area contributed by atoms with Crippen LogP contribution in [0.3, 0.4) is 0 Å². The van der Waals surface area contributed by atoms with Gasteiger partial charge in [-0.05, 0) is 40.9 Å². The first kappa shape index (κ1) is 12.5. The molecule has 0 amide bonds. The van der Waals surface area contributed by atoms with Crippen LogP contribution in [-0.4, -0.2) is 15.6 Å². The molecule has 5 heteroatoms. The predicted octanol–water partition coefficient (Wildman–Crippen LogP) is 3.66. The summed E-state index contributed by atoms with van der Waals surface area (Å²) in [7, 11) is 0. The Morgan fingerprint density at radius 1 is 1.59 bits per heavy atom. The molecule has 2 aromatic heterocycles. The standard InChI is InChI=1S/C12H13BrN2OS/c1-3-4-15-7-9(6-14-15)11(16)10-5-8(2)12(13)17-10/h5-7H,3-4H2,1-2H3. The Morgan fingerprint density at radius 2 is 2.35 bits per heavy atom. The molecule has 0 aromatic carbocycles. The average Bonchev–Trinajstić information content (AvgIpc) is 2.87. The molecule has 0 unspecified atom stereocenters. The average molecular weight is 313 g/mol. The summed E-state index contributed by atoms with van der Waals surface area (Å²) in [6, 6.07) is 1.91. The topological polar surface area (TPSA) is 34.9 Å². The van der Waals surface area contributed by atoms with Crippen molar-refractivity contribution in [1.82, 2.24) is 9.78 Å². The molecule has 0 saturated carbocycles. The second kappa shape index (κ2) is 5.14. The number of aryl methyl sites for hydroxylation is 2. The van der Waals surface area contributed by atoms with Crippen LogP contribution >= 0.6 is 27.3 Å². The maximum atomic E-state index is 12.2. The Hall–Kier alpha value is -0.940. The molecule has 0 N–H and O–H groups in total. The quantitative estimate of drug-likeness (QED) is 0.808. The molecule has 0 bridgehead atoms. The largest absolute Gasteiger partial charge is 0.288 e. The summed E-state index contributed by atoms with van der Waals surface area (Å²) in [5.41, 5.74) is 1.76. The van der Waals surface area contributed by atoms with Gasteiger partial charge in [0.1, 0.15) is 0 Å². The first-order valence-corrected chi connectivity index (χ1v) is 7.06. The minimum atomic E-state index is 0.0474. The van der Waals surface area contributed by atoms with Crippen LogP contribution in [0.1, 0.15) is 34.1 Å². The summed E-state index contributed by atoms with van der Waals surface area (Å²) in [5, 5.41) is 4.17. The van der Waals surface area contributed by atoms with Gasteiger partial charge < -0.3 is 0 Å². The fourth-order valence-corrected chi connectivity index (χ4v) is 3.04. The Morgan fingerprint density at radius 3 is 2.94 bits per heavy atom. The van der Waals surface area contributed by atoms with E-state index in [0.29, 0.717) is 5.56 Å². The minimum Gasteiger partial charge on any atom is -0.288 e. The van der Waals surface area contributed by atoms with Crippen molar-refractivity contribution in [3.05, 3.63) is 38.3 Å². The van der Waals surface area contributed by atoms with Crippen LogP contribution in [0.2, 0.25) is 0 Å². The molecule has 2 rings (SSSR count). The first-order chi connectivity index (χ1) is 8.11. The molecule has 0 fully saturated rings. The fourth-order valence-electron chi connectivity index (χ4n) is 1.55. The molecule has 0 radical (unpaired) electrons. The number of hydrogen-bond donors (Lipinski definition) is 0. The maximum Gasteiger partial charge on any atom is 0.206 e. The molecule has 0 aliphatic rings. The van der Waals surface area contributed by atoms with Crippen LogP contribution in [0, 0.1) is 6.92 Å². The van der Waals surface area contributed by atoms with Crippen LogP contribution in [0.25, 0.3) is 0 Å². The van der Waals surface area contributed by atoms with E-state index in [1.807, 2.05) is 23.9 Å². The zero-order chi connectivity index (χ0) is 12.4. The Kier molecular flexibility index (Phi) is 3.79. The van der Waals surface area contributed by atoms with Gasteiger partial charge in [0.05, 0.1) is 20.4 Å². The maximum absolute atomic E-state index is 12.2. The van der Waals surface area contributed by atoms with E-state index in [1.165, 1.54) is 11.3 Å². The number of carbonyl (C=O) groups is 1. The van der Waals surface area contributed by atoms with Crippen LogP contribution in [0.5, 0.6) is 0 Å². The van der Waals surface area contributed by atoms with Gasteiger partial charge in [0.15, 0.2) is 0 Å². The van der Waals surface area contributed by atoms with Gasteiger partial charge in [0.2, 0.25) is 5.78 Å². The van der Waals surface area contributed by atoms with E-state index in [4.69, 9.17) is 0 Å².